The molecule has 1 heterocycles. The zero-order chi connectivity index (χ0) is 29.6. The van der Waals surface area contributed by atoms with Crippen molar-refractivity contribution in [2.24, 2.45) is 11.3 Å². The summed E-state index contributed by atoms with van der Waals surface area (Å²) in [5.74, 6) is -1.32. The van der Waals surface area contributed by atoms with Crippen molar-refractivity contribution in [2.75, 3.05) is 38.8 Å². The molecule has 1 aliphatic rings. The molecule has 218 valence electrons. The van der Waals surface area contributed by atoms with Gasteiger partial charge in [-0.3, -0.25) is 14.4 Å². The Hall–Kier alpha value is -3.30. The van der Waals surface area contributed by atoms with E-state index in [2.05, 4.69) is 0 Å². The summed E-state index contributed by atoms with van der Waals surface area (Å²) < 4.78 is 11.1. The van der Waals surface area contributed by atoms with Crippen LogP contribution in [0.15, 0.2) is 36.4 Å². The number of anilines is 1. The van der Waals surface area contributed by atoms with Gasteiger partial charge in [-0.25, -0.2) is 0 Å². The van der Waals surface area contributed by atoms with Crippen LogP contribution >= 0.6 is 11.6 Å². The molecule has 9 nitrogen and oxygen atoms in total. The molecule has 3 rings (SSSR count). The predicted octanol–water partition coefficient (Wildman–Crippen LogP) is 4.92. The van der Waals surface area contributed by atoms with Gasteiger partial charge in [-0.15, -0.1) is 0 Å². The first-order chi connectivity index (χ1) is 18.9. The molecular weight excluding hydrogens is 536 g/mol. The third-order valence-electron chi connectivity index (χ3n) is 6.90. The first kappa shape index (κ1) is 31.2. The molecule has 10 heteroatoms. The van der Waals surface area contributed by atoms with Crippen molar-refractivity contribution in [3.05, 3.63) is 52.5 Å². The maximum absolute atomic E-state index is 13.8. The third-order valence-corrected chi connectivity index (χ3v) is 7.11. The fraction of sp³-hybridized carbons (Fsp3) is 0.500. The second kappa shape index (κ2) is 13.4. The topological polar surface area (TPSA) is 117 Å². The number of rotatable bonds is 10. The number of amides is 2. The number of methoxy groups -OCH3 is 2. The van der Waals surface area contributed by atoms with Gasteiger partial charge in [0.25, 0.3) is 0 Å². The number of halogens is 1. The minimum absolute atomic E-state index is 0.0634. The van der Waals surface area contributed by atoms with Crippen LogP contribution in [0.1, 0.15) is 63.7 Å². The van der Waals surface area contributed by atoms with Crippen LogP contribution < -0.4 is 14.4 Å². The number of ether oxygens (including phenoxy) is 2. The van der Waals surface area contributed by atoms with E-state index in [4.69, 9.17) is 21.1 Å². The summed E-state index contributed by atoms with van der Waals surface area (Å²) in [5.41, 5.74) is 0.866. The largest absolute Gasteiger partial charge is 0.496 e. The number of carboxylic acid groups (broad SMARTS) is 1. The highest BCUT2D eigenvalue weighted by atomic mass is 35.5. The van der Waals surface area contributed by atoms with E-state index < -0.39 is 18.0 Å². The second-order valence-corrected chi connectivity index (χ2v) is 11.7. The van der Waals surface area contributed by atoms with Crippen LogP contribution in [0.25, 0.3) is 0 Å². The Bertz CT molecular complexity index is 1230. The van der Waals surface area contributed by atoms with Gasteiger partial charge in [0, 0.05) is 54.7 Å². The number of carbonyl (C=O) groups is 3. The van der Waals surface area contributed by atoms with Crippen molar-refractivity contribution in [2.45, 2.75) is 52.6 Å². The summed E-state index contributed by atoms with van der Waals surface area (Å²) in [5, 5.41) is 21.3. The Labute approximate surface area is 240 Å². The van der Waals surface area contributed by atoms with Crippen LogP contribution in [0.5, 0.6) is 11.5 Å². The number of hydrogen-bond acceptors (Lipinski definition) is 6. The summed E-state index contributed by atoms with van der Waals surface area (Å²) in [7, 11) is 2.98. The molecule has 2 aromatic carbocycles. The number of nitrogens with zero attached hydrogens (tertiary/aromatic N) is 2. The van der Waals surface area contributed by atoms with Crippen molar-refractivity contribution in [3.8, 4) is 11.5 Å². The van der Waals surface area contributed by atoms with Gasteiger partial charge in [-0.1, -0.05) is 50.6 Å². The van der Waals surface area contributed by atoms with Crippen molar-refractivity contribution in [1.29, 1.82) is 0 Å². The number of aliphatic hydroxyl groups is 1. The highest BCUT2D eigenvalue weighted by molar-refractivity contribution is 6.31. The smallest absolute Gasteiger partial charge is 0.308 e. The summed E-state index contributed by atoms with van der Waals surface area (Å²) in [4.78, 5) is 41.3. The van der Waals surface area contributed by atoms with Gasteiger partial charge in [0.1, 0.15) is 17.6 Å². The minimum Gasteiger partial charge on any atom is -0.496 e. The molecule has 0 aromatic heterocycles. The highest BCUT2D eigenvalue weighted by Crippen LogP contribution is 2.43. The summed E-state index contributed by atoms with van der Waals surface area (Å²) in [6.07, 6.45) is -0.216. The Balaban J connectivity index is 1.98. The quantitative estimate of drug-likeness (QED) is 0.413. The molecule has 1 fully saturated rings. The molecule has 1 aliphatic heterocycles. The molecule has 0 bridgehead atoms. The van der Waals surface area contributed by atoms with E-state index in [9.17, 15) is 24.6 Å². The van der Waals surface area contributed by atoms with Crippen LogP contribution in [-0.2, 0) is 14.4 Å². The van der Waals surface area contributed by atoms with Gasteiger partial charge in [-0.05, 0) is 30.4 Å². The maximum Gasteiger partial charge on any atom is 0.308 e. The average molecular weight is 575 g/mol. The van der Waals surface area contributed by atoms with E-state index in [1.54, 1.807) is 41.3 Å². The summed E-state index contributed by atoms with van der Waals surface area (Å²) >= 11 is 6.43. The maximum atomic E-state index is 13.8. The molecule has 0 aliphatic carbocycles. The molecule has 2 atom stereocenters. The SMILES string of the molecule is COc1ccccc1[C@@H](O)c1cc(Cl)cc(OC)c1N(CC(C)(C)C)C(=O)CCC(=O)N1CCC[C@@H](C(=O)O)C1. The lowest BCUT2D eigenvalue weighted by molar-refractivity contribution is -0.146. The van der Waals surface area contributed by atoms with E-state index in [0.717, 1.165) is 0 Å². The molecule has 2 amide bonds. The molecule has 0 spiro atoms. The number of hydrogen-bond donors (Lipinski definition) is 2. The fourth-order valence-electron chi connectivity index (χ4n) is 4.99. The first-order valence-electron chi connectivity index (χ1n) is 13.4. The Kier molecular flexibility index (Phi) is 10.4. The number of benzene rings is 2. The predicted molar refractivity (Wildman–Crippen MR) is 153 cm³/mol. The molecule has 40 heavy (non-hydrogen) atoms. The van der Waals surface area contributed by atoms with E-state index in [1.165, 1.54) is 19.1 Å². The average Bonchev–Trinajstić information content (AvgIpc) is 2.93. The molecule has 1 saturated heterocycles. The van der Waals surface area contributed by atoms with Gasteiger partial charge >= 0.3 is 5.97 Å². The van der Waals surface area contributed by atoms with Gasteiger partial charge in [0.05, 0.1) is 25.8 Å². The van der Waals surface area contributed by atoms with Crippen molar-refractivity contribution in [3.63, 3.8) is 0 Å². The van der Waals surface area contributed by atoms with E-state index in [0.29, 0.717) is 52.7 Å². The van der Waals surface area contributed by atoms with Crippen LogP contribution in [0, 0.1) is 11.3 Å². The Morgan fingerprint density at radius 3 is 2.38 bits per heavy atom. The van der Waals surface area contributed by atoms with Crippen LogP contribution in [-0.4, -0.2) is 66.8 Å². The Morgan fingerprint density at radius 2 is 1.75 bits per heavy atom. The number of piperidine rings is 1. The molecule has 0 saturated carbocycles. The van der Waals surface area contributed by atoms with Gasteiger partial charge in [-0.2, -0.15) is 0 Å². The lowest BCUT2D eigenvalue weighted by Crippen LogP contribution is -2.43. The van der Waals surface area contributed by atoms with Crippen LogP contribution in [0.2, 0.25) is 5.02 Å². The second-order valence-electron chi connectivity index (χ2n) is 11.2. The van der Waals surface area contributed by atoms with E-state index in [-0.39, 0.29) is 43.2 Å². The van der Waals surface area contributed by atoms with E-state index in [1.807, 2.05) is 20.8 Å². The summed E-state index contributed by atoms with van der Waals surface area (Å²) in [6, 6.07) is 10.2. The summed E-state index contributed by atoms with van der Waals surface area (Å²) in [6.45, 7) is 6.84. The lowest BCUT2D eigenvalue weighted by atomic mass is 9.93. The molecule has 2 N–H and O–H groups in total. The van der Waals surface area contributed by atoms with Crippen LogP contribution in [0.4, 0.5) is 5.69 Å². The molecule has 0 unspecified atom stereocenters. The van der Waals surface area contributed by atoms with Crippen molar-refractivity contribution in [1.82, 2.24) is 4.90 Å². The number of carboxylic acids is 1. The van der Waals surface area contributed by atoms with Crippen LogP contribution in [0.3, 0.4) is 0 Å². The third kappa shape index (κ3) is 7.67. The number of carbonyl (C=O) groups excluding carboxylic acids is 2. The number of aliphatic hydroxyl groups excluding tert-OH is 1. The lowest BCUT2D eigenvalue weighted by Gasteiger charge is -2.34. The monoisotopic (exact) mass is 574 g/mol. The molecule has 0 radical (unpaired) electrons. The highest BCUT2D eigenvalue weighted by Gasteiger charge is 2.32. The molecule has 2 aromatic rings. The number of aliphatic carboxylic acids is 1. The van der Waals surface area contributed by atoms with Gasteiger partial charge in [0.2, 0.25) is 11.8 Å². The Morgan fingerprint density at radius 1 is 1.07 bits per heavy atom. The van der Waals surface area contributed by atoms with Gasteiger partial charge < -0.3 is 29.5 Å². The standard InChI is InChI=1S/C30H39ClN2O7/c1-30(2,3)18-33(26(35)13-12-25(34)32-14-8-9-19(17-32)29(37)38)27-22(15-20(31)16-24(27)40-5)28(36)21-10-6-7-11-23(21)39-4/h6-7,10-11,15-16,19,28,36H,8-9,12-14,17-18H2,1-5H3,(H,37,38)/t19-,28-/m1/s1. The zero-order valence-corrected chi connectivity index (χ0v) is 24.5. The molecular formula is C30H39ClN2O7. The fourth-order valence-corrected chi connectivity index (χ4v) is 5.20. The van der Waals surface area contributed by atoms with E-state index >= 15 is 0 Å². The minimum atomic E-state index is -1.20. The van der Waals surface area contributed by atoms with Crippen molar-refractivity contribution >= 4 is 35.1 Å². The van der Waals surface area contributed by atoms with Crippen molar-refractivity contribution < 1.29 is 34.1 Å². The first-order valence-corrected chi connectivity index (χ1v) is 13.7. The normalized spacial score (nSPS) is 16.3. The zero-order valence-electron chi connectivity index (χ0n) is 23.8. The number of likely N-dealkylation sites (tertiary alicyclic amines) is 1. The number of para-hydroxylation sites is 1. The van der Waals surface area contributed by atoms with Gasteiger partial charge in [0.15, 0.2) is 0 Å².